The summed E-state index contributed by atoms with van der Waals surface area (Å²) < 4.78 is 0. The molecule has 0 amide bonds. The lowest BCUT2D eigenvalue weighted by Gasteiger charge is -2.09. The van der Waals surface area contributed by atoms with Crippen molar-refractivity contribution < 1.29 is 0 Å². The van der Waals surface area contributed by atoms with E-state index in [1.807, 2.05) is 0 Å². The first-order chi connectivity index (χ1) is 7.35. The Morgan fingerprint density at radius 2 is 2.27 bits per heavy atom. The molecule has 0 aromatic carbocycles. The minimum absolute atomic E-state index is 0.101. The molecule has 0 bridgehead atoms. The maximum atomic E-state index is 8.82. The van der Waals surface area contributed by atoms with Gasteiger partial charge in [-0.15, -0.1) is 0 Å². The zero-order valence-corrected chi connectivity index (χ0v) is 9.32. The Kier molecular flexibility index (Phi) is 9.94. The lowest BCUT2D eigenvalue weighted by Crippen LogP contribution is -2.29. The highest BCUT2D eigenvalue weighted by atomic mass is 15.1. The quantitative estimate of drug-likeness (QED) is 0.274. The van der Waals surface area contributed by atoms with E-state index >= 15 is 0 Å². The van der Waals surface area contributed by atoms with E-state index in [4.69, 9.17) is 10.8 Å². The first kappa shape index (κ1) is 13.8. The van der Waals surface area contributed by atoms with Gasteiger partial charge in [-0.1, -0.05) is 37.7 Å². The van der Waals surface area contributed by atoms with Crippen molar-refractivity contribution in [2.45, 2.75) is 45.1 Å². The van der Waals surface area contributed by atoms with Crippen LogP contribution in [-0.4, -0.2) is 19.1 Å². The Bertz CT molecular complexity index is 226. The normalized spacial score (nSPS) is 11.5. The number of unbranched alkanes of at least 4 members (excludes halogenated alkanes) is 3. The molecule has 0 aliphatic rings. The maximum Gasteiger partial charge on any atom is 0.0952 e. The predicted octanol–water partition coefficient (Wildman–Crippen LogP) is 2.75. The van der Waals surface area contributed by atoms with Gasteiger partial charge in [-0.2, -0.15) is 5.26 Å². The summed E-state index contributed by atoms with van der Waals surface area (Å²) in [4.78, 5) is 2.65. The van der Waals surface area contributed by atoms with E-state index < -0.39 is 0 Å². The molecule has 0 spiro atoms. The lowest BCUT2D eigenvalue weighted by atomic mass is 10.1. The number of hydrogen-bond donors (Lipinski definition) is 1. The molecular weight excluding hydrogens is 190 g/mol. The van der Waals surface area contributed by atoms with Crippen LogP contribution in [0, 0.1) is 11.3 Å². The molecule has 0 aliphatic carbocycles. The van der Waals surface area contributed by atoms with Crippen molar-refractivity contribution in [3.63, 3.8) is 0 Å². The van der Waals surface area contributed by atoms with Gasteiger partial charge in [0.05, 0.1) is 12.1 Å². The minimum atomic E-state index is -0.101. The molecule has 0 radical (unpaired) electrons. The number of hydrogen-bond acceptors (Lipinski definition) is 3. The van der Waals surface area contributed by atoms with Crippen molar-refractivity contribution in [2.75, 3.05) is 13.1 Å². The van der Waals surface area contributed by atoms with Crippen LogP contribution in [0.25, 0.3) is 10.4 Å². The lowest BCUT2D eigenvalue weighted by molar-refractivity contribution is 0.528. The summed E-state index contributed by atoms with van der Waals surface area (Å²) in [5.74, 6) is 0. The number of rotatable bonds is 9. The zero-order valence-electron chi connectivity index (χ0n) is 9.32. The van der Waals surface area contributed by atoms with Crippen LogP contribution in [0.15, 0.2) is 5.11 Å². The van der Waals surface area contributed by atoms with Crippen molar-refractivity contribution in [1.29, 1.82) is 5.26 Å². The van der Waals surface area contributed by atoms with Crippen molar-refractivity contribution in [3.05, 3.63) is 10.4 Å². The number of nitrogens with one attached hydrogen (secondary N) is 1. The van der Waals surface area contributed by atoms with Crippen LogP contribution in [0.1, 0.15) is 39.0 Å². The van der Waals surface area contributed by atoms with Gasteiger partial charge in [0.25, 0.3) is 0 Å². The van der Waals surface area contributed by atoms with Gasteiger partial charge in [0, 0.05) is 18.0 Å². The highest BCUT2D eigenvalue weighted by Crippen LogP contribution is 2.04. The van der Waals surface area contributed by atoms with Gasteiger partial charge in [0.1, 0.15) is 0 Å². The summed E-state index contributed by atoms with van der Waals surface area (Å²) in [7, 11) is 0. The Morgan fingerprint density at radius 1 is 1.47 bits per heavy atom. The molecule has 1 unspecified atom stereocenters. The Labute approximate surface area is 91.1 Å². The van der Waals surface area contributed by atoms with E-state index in [0.29, 0.717) is 13.1 Å². The molecule has 84 valence electrons. The molecule has 0 saturated carbocycles. The fraction of sp³-hybridized carbons (Fsp3) is 0.900. The van der Waals surface area contributed by atoms with Crippen LogP contribution in [0.2, 0.25) is 0 Å². The molecule has 5 heteroatoms. The molecule has 5 nitrogen and oxygen atoms in total. The van der Waals surface area contributed by atoms with Gasteiger partial charge in [-0.05, 0) is 12.0 Å². The minimum Gasteiger partial charge on any atom is -0.302 e. The summed E-state index contributed by atoms with van der Waals surface area (Å²) in [6, 6.07) is 2.11. The largest absolute Gasteiger partial charge is 0.302 e. The van der Waals surface area contributed by atoms with Crippen molar-refractivity contribution in [2.24, 2.45) is 5.11 Å². The fourth-order valence-corrected chi connectivity index (χ4v) is 1.32. The summed E-state index contributed by atoms with van der Waals surface area (Å²) >= 11 is 0. The van der Waals surface area contributed by atoms with E-state index in [-0.39, 0.29) is 6.04 Å². The van der Waals surface area contributed by atoms with E-state index in [1.165, 1.54) is 19.3 Å². The number of nitriles is 1. The number of azide groups is 1. The summed E-state index contributed by atoms with van der Waals surface area (Å²) in [5, 5.41) is 15.3. The fourth-order valence-electron chi connectivity index (χ4n) is 1.32. The predicted molar refractivity (Wildman–Crippen MR) is 60.2 cm³/mol. The SMILES string of the molecule is CCCCCCC(C#N)NCCN=[N+]=[N-]. The molecule has 15 heavy (non-hydrogen) atoms. The van der Waals surface area contributed by atoms with Crippen LogP contribution in [-0.2, 0) is 0 Å². The molecule has 0 rings (SSSR count). The van der Waals surface area contributed by atoms with Crippen molar-refractivity contribution in [1.82, 2.24) is 5.32 Å². The molecule has 0 fully saturated rings. The van der Waals surface area contributed by atoms with E-state index in [1.54, 1.807) is 0 Å². The molecular formula is C10H19N5. The smallest absolute Gasteiger partial charge is 0.0952 e. The van der Waals surface area contributed by atoms with Crippen LogP contribution in [0.5, 0.6) is 0 Å². The van der Waals surface area contributed by atoms with Crippen LogP contribution < -0.4 is 5.32 Å². The average molecular weight is 209 g/mol. The molecule has 0 saturated heterocycles. The second-order valence-corrected chi connectivity index (χ2v) is 3.44. The van der Waals surface area contributed by atoms with Crippen molar-refractivity contribution in [3.8, 4) is 6.07 Å². The molecule has 0 aromatic rings. The monoisotopic (exact) mass is 209 g/mol. The van der Waals surface area contributed by atoms with Gasteiger partial charge in [0.15, 0.2) is 0 Å². The van der Waals surface area contributed by atoms with Gasteiger partial charge < -0.3 is 5.32 Å². The Morgan fingerprint density at radius 3 is 2.87 bits per heavy atom. The van der Waals surface area contributed by atoms with Crippen LogP contribution in [0.4, 0.5) is 0 Å². The Balaban J connectivity index is 3.47. The van der Waals surface area contributed by atoms with Crippen molar-refractivity contribution >= 4 is 0 Å². The first-order valence-electron chi connectivity index (χ1n) is 5.49. The summed E-state index contributed by atoms with van der Waals surface area (Å²) in [6.07, 6.45) is 5.60. The van der Waals surface area contributed by atoms with Gasteiger partial charge in [-0.3, -0.25) is 0 Å². The Hall–Kier alpha value is -1.24. The third kappa shape index (κ3) is 9.07. The van der Waals surface area contributed by atoms with Crippen LogP contribution in [0.3, 0.4) is 0 Å². The molecule has 0 aliphatic heterocycles. The average Bonchev–Trinajstić information content (AvgIpc) is 2.27. The molecule has 1 atom stereocenters. The highest BCUT2D eigenvalue weighted by molar-refractivity contribution is 4.89. The number of nitrogens with zero attached hydrogens (tertiary/aromatic N) is 4. The van der Waals surface area contributed by atoms with E-state index in [2.05, 4.69) is 28.3 Å². The molecule has 0 aromatic heterocycles. The summed E-state index contributed by atoms with van der Waals surface area (Å²) in [6.45, 7) is 3.15. The highest BCUT2D eigenvalue weighted by Gasteiger charge is 2.04. The van der Waals surface area contributed by atoms with Gasteiger partial charge in [0.2, 0.25) is 0 Å². The standard InChI is InChI=1S/C10H19N5/c1-2-3-4-5-6-10(9-11)13-7-8-14-15-12/h10,13H,2-8H2,1H3. The van der Waals surface area contributed by atoms with Crippen LogP contribution >= 0.6 is 0 Å². The second kappa shape index (κ2) is 10.8. The zero-order chi connectivity index (χ0) is 11.4. The topological polar surface area (TPSA) is 84.6 Å². The molecule has 0 heterocycles. The van der Waals surface area contributed by atoms with E-state index in [0.717, 1.165) is 12.8 Å². The molecule has 1 N–H and O–H groups in total. The third-order valence-electron chi connectivity index (χ3n) is 2.17. The third-order valence-corrected chi connectivity index (χ3v) is 2.17. The van der Waals surface area contributed by atoms with Gasteiger partial charge in [-0.25, -0.2) is 0 Å². The van der Waals surface area contributed by atoms with Gasteiger partial charge >= 0.3 is 0 Å². The second-order valence-electron chi connectivity index (χ2n) is 3.44. The van der Waals surface area contributed by atoms with E-state index in [9.17, 15) is 0 Å². The summed E-state index contributed by atoms with van der Waals surface area (Å²) in [5.41, 5.74) is 8.05. The maximum absolute atomic E-state index is 8.82. The first-order valence-corrected chi connectivity index (χ1v) is 5.49.